The van der Waals surface area contributed by atoms with Crippen LogP contribution in [0.5, 0.6) is 0 Å². The van der Waals surface area contributed by atoms with E-state index in [1.807, 2.05) is 12.3 Å². The second kappa shape index (κ2) is 4.17. The number of hydrogen-bond donors (Lipinski definition) is 1. The van der Waals surface area contributed by atoms with Crippen LogP contribution >= 0.6 is 0 Å². The third-order valence-corrected chi connectivity index (χ3v) is 4.27. The predicted octanol–water partition coefficient (Wildman–Crippen LogP) is 2.66. The molecule has 2 aliphatic carbocycles. The van der Waals surface area contributed by atoms with Crippen LogP contribution in [0, 0.1) is 5.92 Å². The molecule has 2 atom stereocenters. The van der Waals surface area contributed by atoms with Crippen molar-refractivity contribution < 1.29 is 5.11 Å². The number of aliphatic hydroxyl groups is 1. The van der Waals surface area contributed by atoms with Crippen LogP contribution in [0.2, 0.25) is 0 Å². The first-order valence-corrected chi connectivity index (χ1v) is 6.46. The lowest BCUT2D eigenvalue weighted by Gasteiger charge is -2.29. The Morgan fingerprint density at radius 1 is 1.38 bits per heavy atom. The maximum absolute atomic E-state index is 10.3. The summed E-state index contributed by atoms with van der Waals surface area (Å²) >= 11 is 0. The van der Waals surface area contributed by atoms with Crippen LogP contribution in [0.4, 0.5) is 0 Å². The summed E-state index contributed by atoms with van der Waals surface area (Å²) in [4.78, 5) is 4.45. The Bertz CT molecular complexity index is 373. The minimum atomic E-state index is -0.165. The van der Waals surface area contributed by atoms with E-state index in [4.69, 9.17) is 0 Å². The van der Waals surface area contributed by atoms with Crippen LogP contribution in [-0.4, -0.2) is 16.2 Å². The van der Waals surface area contributed by atoms with Crippen LogP contribution in [0.1, 0.15) is 49.3 Å². The van der Waals surface area contributed by atoms with Crippen LogP contribution < -0.4 is 0 Å². The highest BCUT2D eigenvalue weighted by molar-refractivity contribution is 5.29. The monoisotopic (exact) mass is 217 g/mol. The van der Waals surface area contributed by atoms with Gasteiger partial charge in [0, 0.05) is 17.8 Å². The maximum atomic E-state index is 10.3. The molecule has 0 radical (unpaired) electrons. The average molecular weight is 217 g/mol. The first kappa shape index (κ1) is 10.3. The van der Waals surface area contributed by atoms with Crippen molar-refractivity contribution in [2.75, 3.05) is 0 Å². The SMILES string of the molecule is OC(CC1CCC1)C1CCc2cccnc21. The van der Waals surface area contributed by atoms with Crippen LogP contribution in [0.3, 0.4) is 0 Å². The molecule has 1 N–H and O–H groups in total. The van der Waals surface area contributed by atoms with Gasteiger partial charge in [-0.15, -0.1) is 0 Å². The van der Waals surface area contributed by atoms with E-state index in [0.717, 1.165) is 30.9 Å². The molecule has 0 bridgehead atoms. The molecular formula is C14H19NO. The van der Waals surface area contributed by atoms with Crippen LogP contribution in [0.25, 0.3) is 0 Å². The predicted molar refractivity (Wildman–Crippen MR) is 63.3 cm³/mol. The quantitative estimate of drug-likeness (QED) is 0.844. The number of hydrogen-bond acceptors (Lipinski definition) is 2. The number of rotatable bonds is 3. The second-order valence-corrected chi connectivity index (χ2v) is 5.29. The topological polar surface area (TPSA) is 33.1 Å². The molecule has 1 heterocycles. The fourth-order valence-electron chi connectivity index (χ4n) is 3.05. The molecule has 0 saturated heterocycles. The van der Waals surface area contributed by atoms with Gasteiger partial charge in [0.2, 0.25) is 0 Å². The van der Waals surface area contributed by atoms with E-state index in [2.05, 4.69) is 11.1 Å². The number of nitrogens with zero attached hydrogens (tertiary/aromatic N) is 1. The van der Waals surface area contributed by atoms with E-state index < -0.39 is 0 Å². The molecule has 16 heavy (non-hydrogen) atoms. The molecule has 2 unspecified atom stereocenters. The van der Waals surface area contributed by atoms with Crippen molar-refractivity contribution in [3.05, 3.63) is 29.6 Å². The van der Waals surface area contributed by atoms with Gasteiger partial charge in [0.25, 0.3) is 0 Å². The third-order valence-electron chi connectivity index (χ3n) is 4.27. The highest BCUT2D eigenvalue weighted by Crippen LogP contribution is 2.39. The second-order valence-electron chi connectivity index (χ2n) is 5.29. The zero-order chi connectivity index (χ0) is 11.0. The lowest BCUT2D eigenvalue weighted by molar-refractivity contribution is 0.0921. The summed E-state index contributed by atoms with van der Waals surface area (Å²) < 4.78 is 0. The maximum Gasteiger partial charge on any atom is 0.0626 e. The molecule has 2 nitrogen and oxygen atoms in total. The summed E-state index contributed by atoms with van der Waals surface area (Å²) in [7, 11) is 0. The molecule has 2 heteroatoms. The summed E-state index contributed by atoms with van der Waals surface area (Å²) in [6.07, 6.45) is 8.85. The van der Waals surface area contributed by atoms with Gasteiger partial charge in [-0.2, -0.15) is 0 Å². The first-order chi connectivity index (χ1) is 7.84. The number of fused-ring (bicyclic) bond motifs is 1. The fourth-order valence-corrected chi connectivity index (χ4v) is 3.05. The minimum Gasteiger partial charge on any atom is -0.392 e. The molecule has 2 aliphatic rings. The Morgan fingerprint density at radius 2 is 2.25 bits per heavy atom. The molecule has 1 fully saturated rings. The molecular weight excluding hydrogens is 198 g/mol. The van der Waals surface area contributed by atoms with E-state index in [1.165, 1.54) is 24.8 Å². The molecule has 86 valence electrons. The number of aryl methyl sites for hydroxylation is 1. The fraction of sp³-hybridized carbons (Fsp3) is 0.643. The lowest BCUT2D eigenvalue weighted by Crippen LogP contribution is -2.24. The standard InChI is InChI=1S/C14H19NO/c16-13(9-10-3-1-4-10)12-7-6-11-5-2-8-15-14(11)12/h2,5,8,10,12-13,16H,1,3-4,6-7,9H2. The molecule has 1 aromatic rings. The summed E-state index contributed by atoms with van der Waals surface area (Å²) in [6, 6.07) is 4.15. The van der Waals surface area contributed by atoms with Crippen molar-refractivity contribution in [3.8, 4) is 0 Å². The van der Waals surface area contributed by atoms with Gasteiger partial charge >= 0.3 is 0 Å². The van der Waals surface area contributed by atoms with Crippen molar-refractivity contribution in [1.82, 2.24) is 4.98 Å². The molecule has 0 aromatic carbocycles. The number of aromatic nitrogens is 1. The first-order valence-electron chi connectivity index (χ1n) is 6.46. The number of aliphatic hydroxyl groups excluding tert-OH is 1. The van der Waals surface area contributed by atoms with Gasteiger partial charge in [-0.05, 0) is 36.8 Å². The Kier molecular flexibility index (Phi) is 2.68. The van der Waals surface area contributed by atoms with Crippen molar-refractivity contribution in [2.24, 2.45) is 5.92 Å². The lowest BCUT2D eigenvalue weighted by atomic mass is 9.79. The normalized spacial score (nSPS) is 26.2. The van der Waals surface area contributed by atoms with Crippen molar-refractivity contribution >= 4 is 0 Å². The summed E-state index contributed by atoms with van der Waals surface area (Å²) in [6.45, 7) is 0. The van der Waals surface area contributed by atoms with Gasteiger partial charge in [-0.3, -0.25) is 4.98 Å². The molecule has 0 amide bonds. The summed E-state index contributed by atoms with van der Waals surface area (Å²) in [5.41, 5.74) is 2.51. The zero-order valence-corrected chi connectivity index (χ0v) is 9.60. The van der Waals surface area contributed by atoms with Crippen LogP contribution in [0.15, 0.2) is 18.3 Å². The molecule has 0 aliphatic heterocycles. The Labute approximate surface area is 96.7 Å². The van der Waals surface area contributed by atoms with Gasteiger partial charge in [-0.1, -0.05) is 25.3 Å². The Morgan fingerprint density at radius 3 is 3.00 bits per heavy atom. The molecule has 0 spiro atoms. The van der Waals surface area contributed by atoms with E-state index in [1.54, 1.807) is 0 Å². The van der Waals surface area contributed by atoms with Gasteiger partial charge in [-0.25, -0.2) is 0 Å². The highest BCUT2D eigenvalue weighted by atomic mass is 16.3. The van der Waals surface area contributed by atoms with Crippen LogP contribution in [-0.2, 0) is 6.42 Å². The average Bonchev–Trinajstić information content (AvgIpc) is 2.67. The van der Waals surface area contributed by atoms with E-state index in [9.17, 15) is 5.11 Å². The Balaban J connectivity index is 1.71. The van der Waals surface area contributed by atoms with E-state index in [-0.39, 0.29) is 6.10 Å². The largest absolute Gasteiger partial charge is 0.392 e. The van der Waals surface area contributed by atoms with Gasteiger partial charge in [0.15, 0.2) is 0 Å². The van der Waals surface area contributed by atoms with Crippen molar-refractivity contribution in [1.29, 1.82) is 0 Å². The van der Waals surface area contributed by atoms with E-state index >= 15 is 0 Å². The molecule has 1 aromatic heterocycles. The van der Waals surface area contributed by atoms with Crippen molar-refractivity contribution in [3.63, 3.8) is 0 Å². The molecule has 1 saturated carbocycles. The van der Waals surface area contributed by atoms with Crippen molar-refractivity contribution in [2.45, 2.75) is 50.5 Å². The van der Waals surface area contributed by atoms with Gasteiger partial charge in [0.05, 0.1) is 6.10 Å². The zero-order valence-electron chi connectivity index (χ0n) is 9.60. The van der Waals surface area contributed by atoms with Gasteiger partial charge < -0.3 is 5.11 Å². The third kappa shape index (κ3) is 1.75. The summed E-state index contributed by atoms with van der Waals surface area (Å²) in [5.74, 6) is 1.08. The summed E-state index contributed by atoms with van der Waals surface area (Å²) in [5, 5.41) is 10.3. The van der Waals surface area contributed by atoms with Gasteiger partial charge in [0.1, 0.15) is 0 Å². The number of pyridine rings is 1. The highest BCUT2D eigenvalue weighted by Gasteiger charge is 2.32. The Hall–Kier alpha value is -0.890. The van der Waals surface area contributed by atoms with E-state index in [0.29, 0.717) is 5.92 Å². The minimum absolute atomic E-state index is 0.165. The molecule has 3 rings (SSSR count). The smallest absolute Gasteiger partial charge is 0.0626 e.